The molecule has 0 saturated carbocycles. The van der Waals surface area contributed by atoms with Gasteiger partial charge in [0.25, 0.3) is 5.69 Å². The van der Waals surface area contributed by atoms with E-state index in [4.69, 9.17) is 10.5 Å². The number of benzene rings is 2. The highest BCUT2D eigenvalue weighted by Gasteiger charge is 2.31. The second-order valence-corrected chi connectivity index (χ2v) is 7.91. The molecule has 3 amide bonds. The molecule has 0 aliphatic heterocycles. The smallest absolute Gasteiger partial charge is 0.329 e. The minimum absolute atomic E-state index is 0.119. The molecule has 0 fully saturated rings. The number of esters is 1. The van der Waals surface area contributed by atoms with Crippen molar-refractivity contribution in [3.8, 4) is 0 Å². The van der Waals surface area contributed by atoms with Gasteiger partial charge < -0.3 is 26.1 Å². The molecule has 36 heavy (non-hydrogen) atoms. The molecular weight excluding hydrogens is 470 g/mol. The Bertz CT molecular complexity index is 1290. The number of amides is 3. The summed E-state index contributed by atoms with van der Waals surface area (Å²) < 4.78 is 5.21. The molecule has 3 rings (SSSR count). The number of para-hydroxylation sites is 1. The van der Waals surface area contributed by atoms with Crippen LogP contribution in [-0.2, 0) is 30.5 Å². The number of H-pyrrole nitrogens is 1. The van der Waals surface area contributed by atoms with Crippen molar-refractivity contribution in [3.63, 3.8) is 0 Å². The number of aromatic nitrogens is 1. The van der Waals surface area contributed by atoms with Crippen LogP contribution in [-0.4, -0.2) is 39.6 Å². The fourth-order valence-electron chi connectivity index (χ4n) is 3.50. The standard InChI is InChI=1S/C24H25N5O7/c1-2-21(31)28-22(17-12-26-18-6-4-3-5-16(17)18)23(32)27-19(11-20(25)30)24(33)36-13-14-7-9-15(10-8-14)29(34)35/h3-10,12,19,22,26H,2,11,13H2,1H3,(H2,25,30)(H,27,32)(H,28,31)/t19-,22?/m1/s1. The molecule has 2 aromatic carbocycles. The summed E-state index contributed by atoms with van der Waals surface area (Å²) in [7, 11) is 0. The number of non-ortho nitro benzene ring substituents is 1. The zero-order valence-corrected chi connectivity index (χ0v) is 19.4. The van der Waals surface area contributed by atoms with E-state index >= 15 is 0 Å². The number of nitro benzene ring substituents is 1. The summed E-state index contributed by atoms with van der Waals surface area (Å²) in [6.45, 7) is 1.38. The Kier molecular flexibility index (Phi) is 8.34. The van der Waals surface area contributed by atoms with Crippen molar-refractivity contribution in [1.29, 1.82) is 0 Å². The Balaban J connectivity index is 1.78. The van der Waals surface area contributed by atoms with Gasteiger partial charge in [0.2, 0.25) is 17.7 Å². The number of nitrogens with two attached hydrogens (primary N) is 1. The maximum Gasteiger partial charge on any atom is 0.329 e. The number of nitrogens with zero attached hydrogens (tertiary/aromatic N) is 1. The minimum Gasteiger partial charge on any atom is -0.459 e. The molecule has 188 valence electrons. The molecule has 1 aromatic heterocycles. The summed E-state index contributed by atoms with van der Waals surface area (Å²) in [6.07, 6.45) is 1.17. The highest BCUT2D eigenvalue weighted by atomic mass is 16.6. The highest BCUT2D eigenvalue weighted by molar-refractivity contribution is 5.96. The zero-order valence-electron chi connectivity index (χ0n) is 19.4. The fourth-order valence-corrected chi connectivity index (χ4v) is 3.50. The Hall–Kier alpha value is -4.74. The first-order valence-corrected chi connectivity index (χ1v) is 11.0. The SMILES string of the molecule is CCC(=O)NC(C(=O)N[C@H](CC(N)=O)C(=O)OCc1ccc([N+](=O)[O-])cc1)c1c[nH]c2ccccc12. The molecular formula is C24H25N5O7. The molecule has 5 N–H and O–H groups in total. The number of nitro groups is 1. The van der Waals surface area contributed by atoms with Crippen LogP contribution in [0.15, 0.2) is 54.7 Å². The lowest BCUT2D eigenvalue weighted by Gasteiger charge is -2.22. The van der Waals surface area contributed by atoms with E-state index in [9.17, 15) is 29.3 Å². The lowest BCUT2D eigenvalue weighted by molar-refractivity contribution is -0.384. The van der Waals surface area contributed by atoms with Crippen molar-refractivity contribution in [3.05, 3.63) is 76.0 Å². The summed E-state index contributed by atoms with van der Waals surface area (Å²) in [5, 5.41) is 16.6. The minimum atomic E-state index is -1.42. The van der Waals surface area contributed by atoms with Crippen molar-refractivity contribution in [2.24, 2.45) is 5.73 Å². The Morgan fingerprint density at radius 1 is 1.08 bits per heavy atom. The number of carbonyl (C=O) groups is 4. The van der Waals surface area contributed by atoms with Gasteiger partial charge in [-0.2, -0.15) is 0 Å². The van der Waals surface area contributed by atoms with Gasteiger partial charge in [-0.25, -0.2) is 4.79 Å². The predicted octanol–water partition coefficient (Wildman–Crippen LogP) is 1.75. The Morgan fingerprint density at radius 2 is 1.78 bits per heavy atom. The maximum absolute atomic E-state index is 13.2. The van der Waals surface area contributed by atoms with Gasteiger partial charge in [-0.1, -0.05) is 25.1 Å². The van der Waals surface area contributed by atoms with Gasteiger partial charge in [-0.15, -0.1) is 0 Å². The molecule has 12 nitrogen and oxygen atoms in total. The van der Waals surface area contributed by atoms with Crippen LogP contribution < -0.4 is 16.4 Å². The number of primary amides is 1. The van der Waals surface area contributed by atoms with E-state index in [1.165, 1.54) is 24.3 Å². The third-order valence-electron chi connectivity index (χ3n) is 5.36. The summed E-state index contributed by atoms with van der Waals surface area (Å²) in [6, 6.07) is 9.95. The zero-order chi connectivity index (χ0) is 26.2. The molecule has 0 radical (unpaired) electrons. The van der Waals surface area contributed by atoms with Gasteiger partial charge in [0, 0.05) is 41.2 Å². The van der Waals surface area contributed by atoms with Crippen LogP contribution in [0.3, 0.4) is 0 Å². The average Bonchev–Trinajstić information content (AvgIpc) is 3.29. The van der Waals surface area contributed by atoms with E-state index in [0.717, 1.165) is 5.52 Å². The molecule has 1 heterocycles. The van der Waals surface area contributed by atoms with E-state index in [-0.39, 0.29) is 18.7 Å². The number of carbonyl (C=O) groups excluding carboxylic acids is 4. The fraction of sp³-hybridized carbons (Fsp3) is 0.250. The van der Waals surface area contributed by atoms with E-state index in [1.54, 1.807) is 31.3 Å². The number of fused-ring (bicyclic) bond motifs is 1. The van der Waals surface area contributed by atoms with Gasteiger partial charge in [0.1, 0.15) is 18.7 Å². The molecule has 0 spiro atoms. The van der Waals surface area contributed by atoms with Crippen molar-refractivity contribution in [2.75, 3.05) is 0 Å². The number of aromatic amines is 1. The Labute approximate surface area is 205 Å². The van der Waals surface area contributed by atoms with Crippen molar-refractivity contribution >= 4 is 40.3 Å². The molecule has 1 unspecified atom stereocenters. The lowest BCUT2D eigenvalue weighted by Crippen LogP contribution is -2.49. The predicted molar refractivity (Wildman–Crippen MR) is 128 cm³/mol. The van der Waals surface area contributed by atoms with E-state index in [1.807, 2.05) is 6.07 Å². The number of hydrogen-bond donors (Lipinski definition) is 4. The second-order valence-electron chi connectivity index (χ2n) is 7.91. The third-order valence-corrected chi connectivity index (χ3v) is 5.36. The first kappa shape index (κ1) is 25.9. The van der Waals surface area contributed by atoms with Crippen LogP contribution in [0.25, 0.3) is 10.9 Å². The summed E-state index contributed by atoms with van der Waals surface area (Å²) >= 11 is 0. The number of ether oxygens (including phenoxy) is 1. The normalized spacial score (nSPS) is 12.4. The molecule has 0 bridgehead atoms. The summed E-state index contributed by atoms with van der Waals surface area (Å²) in [5.74, 6) is -2.92. The van der Waals surface area contributed by atoms with Crippen LogP contribution in [0.1, 0.15) is 36.9 Å². The van der Waals surface area contributed by atoms with Gasteiger partial charge in [-0.3, -0.25) is 24.5 Å². The van der Waals surface area contributed by atoms with Crippen molar-refractivity contribution < 1.29 is 28.8 Å². The summed E-state index contributed by atoms with van der Waals surface area (Å²) in [5.41, 5.74) is 6.83. The van der Waals surface area contributed by atoms with Crippen LogP contribution in [0, 0.1) is 10.1 Å². The summed E-state index contributed by atoms with van der Waals surface area (Å²) in [4.78, 5) is 63.0. The first-order valence-electron chi connectivity index (χ1n) is 11.0. The number of nitrogens with one attached hydrogen (secondary N) is 3. The topological polar surface area (TPSA) is 187 Å². The first-order chi connectivity index (χ1) is 17.2. The number of hydrogen-bond acceptors (Lipinski definition) is 7. The maximum atomic E-state index is 13.2. The van der Waals surface area contributed by atoms with Crippen LogP contribution in [0.2, 0.25) is 0 Å². The van der Waals surface area contributed by atoms with E-state index in [2.05, 4.69) is 15.6 Å². The van der Waals surface area contributed by atoms with Gasteiger partial charge in [0.05, 0.1) is 11.3 Å². The number of rotatable bonds is 11. The lowest BCUT2D eigenvalue weighted by atomic mass is 10.0. The van der Waals surface area contributed by atoms with Crippen LogP contribution in [0.5, 0.6) is 0 Å². The molecule has 12 heteroatoms. The molecule has 3 aromatic rings. The molecule has 0 aliphatic carbocycles. The van der Waals surface area contributed by atoms with Crippen molar-refractivity contribution in [2.45, 2.75) is 38.5 Å². The van der Waals surface area contributed by atoms with Gasteiger partial charge in [-0.05, 0) is 23.8 Å². The molecule has 0 saturated heterocycles. The second kappa shape index (κ2) is 11.6. The quantitative estimate of drug-likeness (QED) is 0.177. The van der Waals surface area contributed by atoms with E-state index < -0.39 is 47.1 Å². The van der Waals surface area contributed by atoms with Gasteiger partial charge in [0.15, 0.2) is 0 Å². The Morgan fingerprint density at radius 3 is 2.42 bits per heavy atom. The largest absolute Gasteiger partial charge is 0.459 e. The van der Waals surface area contributed by atoms with Crippen LogP contribution >= 0.6 is 0 Å². The van der Waals surface area contributed by atoms with E-state index in [0.29, 0.717) is 16.5 Å². The van der Waals surface area contributed by atoms with Crippen LogP contribution in [0.4, 0.5) is 5.69 Å². The highest BCUT2D eigenvalue weighted by Crippen LogP contribution is 2.25. The molecule has 0 aliphatic rings. The molecule has 2 atom stereocenters. The monoisotopic (exact) mass is 495 g/mol. The average molecular weight is 495 g/mol. The third kappa shape index (κ3) is 6.44. The van der Waals surface area contributed by atoms with Crippen molar-refractivity contribution in [1.82, 2.24) is 15.6 Å². The van der Waals surface area contributed by atoms with Gasteiger partial charge >= 0.3 is 5.97 Å².